The van der Waals surface area contributed by atoms with Crippen molar-refractivity contribution in [2.24, 2.45) is 0 Å². The lowest BCUT2D eigenvalue weighted by molar-refractivity contribution is 0.998. The number of rotatable bonds is 2. The molecule has 0 aliphatic rings. The van der Waals surface area contributed by atoms with E-state index in [2.05, 4.69) is 15.0 Å². The summed E-state index contributed by atoms with van der Waals surface area (Å²) >= 11 is 0. The Kier molecular flexibility index (Phi) is 2.81. The molecule has 4 heteroatoms. The molecule has 2 heterocycles. The molecule has 0 aliphatic heterocycles. The molecule has 82 valence electrons. The smallest absolute Gasteiger partial charge is 0.224 e. The normalized spacial score (nSPS) is 10.2. The van der Waals surface area contributed by atoms with Gasteiger partial charge in [-0.25, -0.2) is 9.97 Å². The summed E-state index contributed by atoms with van der Waals surface area (Å²) in [6.45, 7) is 2.02. The van der Waals surface area contributed by atoms with Gasteiger partial charge in [-0.05, 0) is 18.6 Å². The number of anilines is 1. The van der Waals surface area contributed by atoms with Gasteiger partial charge in [0.15, 0.2) is 0 Å². The maximum atomic E-state index is 4.33. The van der Waals surface area contributed by atoms with Crippen molar-refractivity contribution in [3.8, 4) is 11.3 Å². The van der Waals surface area contributed by atoms with Crippen molar-refractivity contribution in [1.82, 2.24) is 15.0 Å². The van der Waals surface area contributed by atoms with Crippen LogP contribution in [0.3, 0.4) is 0 Å². The van der Waals surface area contributed by atoms with Gasteiger partial charge in [0.2, 0.25) is 5.95 Å². The number of nitrogens with zero attached hydrogens (tertiary/aromatic N) is 4. The molecule has 0 saturated heterocycles. The van der Waals surface area contributed by atoms with Crippen LogP contribution in [0.5, 0.6) is 0 Å². The second-order valence-electron chi connectivity index (χ2n) is 3.89. The Balaban J connectivity index is 2.31. The van der Waals surface area contributed by atoms with E-state index in [4.69, 9.17) is 0 Å². The Morgan fingerprint density at radius 1 is 0.938 bits per heavy atom. The predicted molar refractivity (Wildman–Crippen MR) is 64.3 cm³/mol. The first kappa shape index (κ1) is 10.5. The summed E-state index contributed by atoms with van der Waals surface area (Å²) in [6, 6.07) is 4.01. The Morgan fingerprint density at radius 3 is 2.12 bits per heavy atom. The zero-order valence-electron chi connectivity index (χ0n) is 9.68. The van der Waals surface area contributed by atoms with Crippen LogP contribution in [0.2, 0.25) is 0 Å². The average Bonchev–Trinajstić information content (AvgIpc) is 2.30. The Bertz CT molecular complexity index is 459. The molecule has 0 aliphatic carbocycles. The van der Waals surface area contributed by atoms with Gasteiger partial charge >= 0.3 is 0 Å². The average molecular weight is 214 g/mol. The van der Waals surface area contributed by atoms with Gasteiger partial charge in [-0.3, -0.25) is 4.98 Å². The molecule has 0 saturated carbocycles. The van der Waals surface area contributed by atoms with Crippen molar-refractivity contribution < 1.29 is 0 Å². The van der Waals surface area contributed by atoms with Crippen LogP contribution in [0, 0.1) is 6.92 Å². The summed E-state index contributed by atoms with van der Waals surface area (Å²) in [5.41, 5.74) is 2.98. The summed E-state index contributed by atoms with van der Waals surface area (Å²) in [7, 11) is 3.83. The highest BCUT2D eigenvalue weighted by molar-refractivity contribution is 5.57. The predicted octanol–water partition coefficient (Wildman–Crippen LogP) is 1.91. The number of hydrogen-bond donors (Lipinski definition) is 0. The van der Waals surface area contributed by atoms with Crippen LogP contribution in [0.15, 0.2) is 30.7 Å². The van der Waals surface area contributed by atoms with E-state index in [-0.39, 0.29) is 0 Å². The van der Waals surface area contributed by atoms with Crippen LogP contribution < -0.4 is 4.90 Å². The molecule has 4 nitrogen and oxygen atoms in total. The fraction of sp³-hybridized carbons (Fsp3) is 0.250. The molecule has 0 amide bonds. The van der Waals surface area contributed by atoms with E-state index in [0.29, 0.717) is 5.95 Å². The molecule has 0 unspecified atom stereocenters. The van der Waals surface area contributed by atoms with Crippen LogP contribution in [0.25, 0.3) is 11.3 Å². The number of hydrogen-bond acceptors (Lipinski definition) is 4. The fourth-order valence-electron chi connectivity index (χ4n) is 1.32. The van der Waals surface area contributed by atoms with E-state index in [0.717, 1.165) is 16.8 Å². The van der Waals surface area contributed by atoms with Crippen molar-refractivity contribution >= 4 is 5.95 Å². The van der Waals surface area contributed by atoms with E-state index < -0.39 is 0 Å². The lowest BCUT2D eigenvalue weighted by Gasteiger charge is -2.09. The molecular formula is C12H14N4. The third kappa shape index (κ3) is 2.16. The van der Waals surface area contributed by atoms with E-state index in [1.54, 1.807) is 12.4 Å². The van der Waals surface area contributed by atoms with Crippen LogP contribution in [0.1, 0.15) is 5.56 Å². The molecule has 2 aromatic heterocycles. The molecule has 0 aromatic carbocycles. The van der Waals surface area contributed by atoms with Crippen LogP contribution >= 0.6 is 0 Å². The highest BCUT2D eigenvalue weighted by atomic mass is 15.2. The number of aromatic nitrogens is 3. The molecule has 2 aromatic rings. The Labute approximate surface area is 95.0 Å². The van der Waals surface area contributed by atoms with Crippen molar-refractivity contribution in [1.29, 1.82) is 0 Å². The van der Waals surface area contributed by atoms with Gasteiger partial charge in [0.1, 0.15) is 0 Å². The van der Waals surface area contributed by atoms with E-state index in [1.807, 2.05) is 44.2 Å². The van der Waals surface area contributed by atoms with Gasteiger partial charge < -0.3 is 4.90 Å². The van der Waals surface area contributed by atoms with Crippen LogP contribution in [0.4, 0.5) is 5.95 Å². The monoisotopic (exact) mass is 214 g/mol. The van der Waals surface area contributed by atoms with Gasteiger partial charge in [-0.2, -0.15) is 0 Å². The molecule has 16 heavy (non-hydrogen) atoms. The maximum Gasteiger partial charge on any atom is 0.224 e. The topological polar surface area (TPSA) is 41.9 Å². The molecule has 0 N–H and O–H groups in total. The van der Waals surface area contributed by atoms with Crippen LogP contribution in [-0.4, -0.2) is 29.0 Å². The quantitative estimate of drug-likeness (QED) is 0.765. The molecule has 0 spiro atoms. The van der Waals surface area contributed by atoms with E-state index in [1.165, 1.54) is 0 Å². The first-order chi connectivity index (χ1) is 7.66. The molecule has 0 atom stereocenters. The zero-order chi connectivity index (χ0) is 11.5. The highest BCUT2D eigenvalue weighted by Crippen LogP contribution is 2.15. The minimum atomic E-state index is 0.705. The molecule has 0 bridgehead atoms. The maximum absolute atomic E-state index is 4.33. The van der Waals surface area contributed by atoms with Gasteiger partial charge in [-0.1, -0.05) is 6.07 Å². The van der Waals surface area contributed by atoms with Gasteiger partial charge in [-0.15, -0.1) is 0 Å². The largest absolute Gasteiger partial charge is 0.347 e. The minimum absolute atomic E-state index is 0.705. The van der Waals surface area contributed by atoms with Crippen molar-refractivity contribution in [3.63, 3.8) is 0 Å². The lowest BCUT2D eigenvalue weighted by atomic mass is 10.2. The molecule has 0 fully saturated rings. The number of pyridine rings is 1. The van der Waals surface area contributed by atoms with Crippen molar-refractivity contribution in [2.75, 3.05) is 19.0 Å². The first-order valence-electron chi connectivity index (χ1n) is 5.09. The number of aryl methyl sites for hydroxylation is 1. The summed E-state index contributed by atoms with van der Waals surface area (Å²) in [5.74, 6) is 0.705. The summed E-state index contributed by atoms with van der Waals surface area (Å²) in [6.07, 6.45) is 5.43. The fourth-order valence-corrected chi connectivity index (χ4v) is 1.32. The molecular weight excluding hydrogens is 200 g/mol. The summed E-state index contributed by atoms with van der Waals surface area (Å²) in [5, 5.41) is 0. The summed E-state index contributed by atoms with van der Waals surface area (Å²) < 4.78 is 0. The second kappa shape index (κ2) is 4.26. The third-order valence-corrected chi connectivity index (χ3v) is 2.25. The standard InChI is InChI=1S/C12H14N4/c1-9-4-5-11(13-6-9)10-7-14-12(15-8-10)16(2)3/h4-8H,1-3H3. The minimum Gasteiger partial charge on any atom is -0.347 e. The van der Waals surface area contributed by atoms with Gasteiger partial charge in [0.05, 0.1) is 5.69 Å². The van der Waals surface area contributed by atoms with E-state index >= 15 is 0 Å². The second-order valence-corrected chi connectivity index (χ2v) is 3.89. The van der Waals surface area contributed by atoms with Crippen molar-refractivity contribution in [3.05, 3.63) is 36.3 Å². The summed E-state index contributed by atoms with van der Waals surface area (Å²) in [4.78, 5) is 14.7. The molecule has 2 rings (SSSR count). The molecule has 0 radical (unpaired) electrons. The first-order valence-corrected chi connectivity index (χ1v) is 5.09. The van der Waals surface area contributed by atoms with E-state index in [9.17, 15) is 0 Å². The third-order valence-electron chi connectivity index (χ3n) is 2.25. The zero-order valence-corrected chi connectivity index (χ0v) is 9.68. The van der Waals surface area contributed by atoms with Gasteiger partial charge in [0.25, 0.3) is 0 Å². The SMILES string of the molecule is Cc1ccc(-c2cnc(N(C)C)nc2)nc1. The highest BCUT2D eigenvalue weighted by Gasteiger charge is 2.02. The Morgan fingerprint density at radius 2 is 1.62 bits per heavy atom. The van der Waals surface area contributed by atoms with Crippen molar-refractivity contribution in [2.45, 2.75) is 6.92 Å². The Hall–Kier alpha value is -1.97. The lowest BCUT2D eigenvalue weighted by Crippen LogP contribution is -2.12. The van der Waals surface area contributed by atoms with Crippen LogP contribution in [-0.2, 0) is 0 Å². The van der Waals surface area contributed by atoms with Gasteiger partial charge in [0, 0.05) is 38.2 Å².